The molecule has 2 aromatic rings. The molecular formula is C69H108N16O27. The maximum absolute atomic E-state index is 13.9. The van der Waals surface area contributed by atoms with Crippen LogP contribution in [0.4, 0.5) is 11.4 Å². The van der Waals surface area contributed by atoms with Crippen LogP contribution in [-0.4, -0.2) is 311 Å². The quantitative estimate of drug-likeness (QED) is 0.0127. The number of hydrogen-bond acceptors (Lipinski definition) is 30. The lowest BCUT2D eigenvalue weighted by Crippen LogP contribution is -2.59. The van der Waals surface area contributed by atoms with E-state index in [1.54, 1.807) is 26.0 Å². The first-order valence-corrected chi connectivity index (χ1v) is 36.9. The highest BCUT2D eigenvalue weighted by Crippen LogP contribution is 2.30. The maximum atomic E-state index is 13.9. The molecule has 0 radical (unpaired) electrons. The second-order valence-corrected chi connectivity index (χ2v) is 27.1. The van der Waals surface area contributed by atoms with Crippen molar-refractivity contribution in [2.75, 3.05) is 102 Å². The summed E-state index contributed by atoms with van der Waals surface area (Å²) in [5.41, 5.74) is 9.37. The van der Waals surface area contributed by atoms with E-state index in [1.807, 2.05) is 0 Å². The van der Waals surface area contributed by atoms with Gasteiger partial charge in [0.2, 0.25) is 35.4 Å². The molecule has 112 heavy (non-hydrogen) atoms. The van der Waals surface area contributed by atoms with Crippen molar-refractivity contribution in [3.8, 4) is 0 Å². The third-order valence-electron chi connectivity index (χ3n) is 18.3. The van der Waals surface area contributed by atoms with Gasteiger partial charge in [-0.3, -0.25) is 87.4 Å². The van der Waals surface area contributed by atoms with Crippen molar-refractivity contribution in [1.82, 2.24) is 57.1 Å². The number of hydroxylamine groups is 2. The lowest BCUT2D eigenvalue weighted by Gasteiger charge is -2.35. The van der Waals surface area contributed by atoms with E-state index in [4.69, 9.17) is 26.4 Å². The number of nitrogens with zero attached hydrogens (tertiary/aromatic N) is 6. The molecule has 626 valence electrons. The number of hydrogen-bond donors (Lipinski definition) is 21. The number of nitrogens with two attached hydrogens (primary N) is 2. The predicted octanol–water partition coefficient (Wildman–Crippen LogP) is -7.95. The third-order valence-corrected chi connectivity index (χ3v) is 18.3. The van der Waals surface area contributed by atoms with E-state index < -0.39 is 207 Å². The van der Waals surface area contributed by atoms with Crippen LogP contribution in [0.5, 0.6) is 0 Å². The molecule has 0 spiro atoms. The van der Waals surface area contributed by atoms with Crippen molar-refractivity contribution < 1.29 is 123 Å². The zero-order valence-electron chi connectivity index (χ0n) is 62.6. The van der Waals surface area contributed by atoms with Crippen LogP contribution in [0.3, 0.4) is 0 Å². The number of aliphatic hydroxyl groups is 7. The molecule has 43 heteroatoms. The molecule has 2 aliphatic heterocycles. The van der Waals surface area contributed by atoms with Crippen molar-refractivity contribution in [2.45, 2.75) is 197 Å². The Kier molecular flexibility index (Phi) is 41.1. The number of carboxylic acids is 4. The number of aromatic nitrogens is 1. The van der Waals surface area contributed by atoms with Gasteiger partial charge in [0.25, 0.3) is 16.8 Å². The summed E-state index contributed by atoms with van der Waals surface area (Å²) in [6.45, 7) is -2.02. The van der Waals surface area contributed by atoms with Crippen LogP contribution >= 0.6 is 0 Å². The molecule has 2 aliphatic rings. The molecule has 0 saturated carbocycles. The number of aliphatic imine (C=N–C) groups is 1. The van der Waals surface area contributed by atoms with Gasteiger partial charge in [-0.2, -0.15) is 5.06 Å². The Bertz CT molecular complexity index is 3610. The van der Waals surface area contributed by atoms with E-state index in [0.29, 0.717) is 23.5 Å². The number of guanidine groups is 1. The van der Waals surface area contributed by atoms with E-state index in [-0.39, 0.29) is 178 Å². The molecule has 3 heterocycles. The molecular weight excluding hydrogens is 1480 g/mol. The number of pyridine rings is 1. The van der Waals surface area contributed by atoms with Gasteiger partial charge in [-0.15, -0.1) is 0 Å². The number of rotatable bonds is 57. The minimum Gasteiger partial charge on any atom is -0.480 e. The molecule has 9 unspecified atom stereocenters. The minimum atomic E-state index is -1.75. The average Bonchev–Trinajstić information content (AvgIpc) is 1.72. The number of carboxylic acid groups (broad SMARTS) is 4. The molecule has 2 fully saturated rings. The summed E-state index contributed by atoms with van der Waals surface area (Å²) < 4.78 is 0. The minimum absolute atomic E-state index is 0.00980. The molecule has 4 rings (SSSR count). The van der Waals surface area contributed by atoms with Crippen LogP contribution in [0.1, 0.15) is 134 Å². The van der Waals surface area contributed by atoms with Crippen molar-refractivity contribution in [2.24, 2.45) is 22.4 Å². The number of aliphatic hydroxyl groups excluding tert-OH is 7. The summed E-state index contributed by atoms with van der Waals surface area (Å²) in [4.78, 5) is 215. The Morgan fingerprint density at radius 3 is 1.75 bits per heavy atom. The van der Waals surface area contributed by atoms with Crippen molar-refractivity contribution in [1.29, 1.82) is 0 Å². The number of nitrogens with one attached hydrogen (secondary N) is 8. The highest BCUT2D eigenvalue weighted by Gasteiger charge is 2.44. The Morgan fingerprint density at radius 2 is 1.21 bits per heavy atom. The Labute approximate surface area is 643 Å². The summed E-state index contributed by atoms with van der Waals surface area (Å²) in [6, 6.07) is -6.95. The number of Topliss-reactive ketones (excluding diaryl/α,β-unsaturated/α-hetero) is 1. The Hall–Kier alpha value is -9.99. The van der Waals surface area contributed by atoms with Crippen molar-refractivity contribution in [3.05, 3.63) is 49.5 Å². The predicted molar refractivity (Wildman–Crippen MR) is 393 cm³/mol. The van der Waals surface area contributed by atoms with Gasteiger partial charge in [0.15, 0.2) is 11.7 Å². The molecule has 11 atom stereocenters. The molecule has 23 N–H and O–H groups in total. The average molecular weight is 1590 g/mol. The molecule has 1 aromatic heterocycles. The van der Waals surface area contributed by atoms with Crippen LogP contribution in [-0.2, 0) is 86.7 Å². The first kappa shape index (κ1) is 94.4. The summed E-state index contributed by atoms with van der Waals surface area (Å²) in [7, 11) is 0. The molecule has 1 aromatic carbocycles. The topological polar surface area (TPSA) is 674 Å². The zero-order chi connectivity index (χ0) is 83.3. The standard InChI is InChI=1S/C69H108N16O27/c1-3-8-50(63(102)81-48(37-89)61(100)80-47(66(106)107)10-6-19-73-69(70)71)85-64(103)39(27-56(97)112-85)26-42(90)29-78-62(101)49-11-7-21-84(49)58-57(59(98)60(58)99)72-18-5-9-38-24-40(28-74-46(65(104)105)12-15-53(94)75-30-43(91)34-86)79-41(25-38)33-83(52(68(110)111)14-17-55(96)77-32-45(93)36-88)23-22-82(20-4-2)51(67(108)109)13-16-54(95)76-31-44(92)35-87/h24-25,39,43-52,72,74,86-89,91-93H,3-23,26-37H2,1-2H3,(H,75,94)(H,76,95)(H,77,96)(H,78,101)(H,80,100)(H,81,102)(H,104,105)(H,106,107)(H,108,109)(H,110,111)(H4,70,71,73)/t39-,43?,44?,45?,46?,47?,48?,49-,50?,51?,52?/m1/s1. The van der Waals surface area contributed by atoms with E-state index in [0.717, 1.165) is 0 Å². The second kappa shape index (κ2) is 48.7. The molecule has 2 saturated heterocycles. The summed E-state index contributed by atoms with van der Waals surface area (Å²) in [5.74, 6) is -14.9. The van der Waals surface area contributed by atoms with Crippen LogP contribution in [0, 0.1) is 5.92 Å². The number of aliphatic carboxylic acids is 4. The highest BCUT2D eigenvalue weighted by molar-refractivity contribution is 5.98. The van der Waals surface area contributed by atoms with Crippen LogP contribution in [0.2, 0.25) is 0 Å². The Balaban J connectivity index is 1.57. The van der Waals surface area contributed by atoms with Gasteiger partial charge >= 0.3 is 29.8 Å². The van der Waals surface area contributed by atoms with E-state index in [9.17, 15) is 123 Å². The molecule has 7 amide bonds. The van der Waals surface area contributed by atoms with Crippen LogP contribution < -0.4 is 69.8 Å². The summed E-state index contributed by atoms with van der Waals surface area (Å²) in [6.07, 6.45) is -5.92. The Morgan fingerprint density at radius 1 is 0.643 bits per heavy atom. The zero-order valence-corrected chi connectivity index (χ0v) is 62.6. The van der Waals surface area contributed by atoms with E-state index in [1.165, 1.54) is 14.7 Å². The molecule has 0 bridgehead atoms. The second-order valence-electron chi connectivity index (χ2n) is 27.1. The third kappa shape index (κ3) is 31.3. The van der Waals surface area contributed by atoms with Gasteiger partial charge in [-0.1, -0.05) is 20.3 Å². The molecule has 43 nitrogen and oxygen atoms in total. The number of carbonyl (C=O) groups is 13. The van der Waals surface area contributed by atoms with Gasteiger partial charge in [0.05, 0.1) is 75.0 Å². The lowest BCUT2D eigenvalue weighted by molar-refractivity contribution is -0.221. The number of carbonyl (C=O) groups excluding carboxylic acids is 9. The van der Waals surface area contributed by atoms with Crippen molar-refractivity contribution >= 4 is 94.3 Å². The van der Waals surface area contributed by atoms with Crippen molar-refractivity contribution in [3.63, 3.8) is 0 Å². The summed E-state index contributed by atoms with van der Waals surface area (Å²) in [5, 5.41) is 129. The molecule has 0 aliphatic carbocycles. The first-order chi connectivity index (χ1) is 53.2. The summed E-state index contributed by atoms with van der Waals surface area (Å²) >= 11 is 0. The fourth-order valence-corrected chi connectivity index (χ4v) is 12.4. The van der Waals surface area contributed by atoms with Gasteiger partial charge < -0.3 is 115 Å². The smallest absolute Gasteiger partial charge is 0.333 e. The normalized spacial score (nSPS) is 16.7. The lowest BCUT2D eigenvalue weighted by atomic mass is 9.95. The fourth-order valence-electron chi connectivity index (χ4n) is 12.4. The van der Waals surface area contributed by atoms with Crippen LogP contribution in [0.15, 0.2) is 26.7 Å². The van der Waals surface area contributed by atoms with Gasteiger partial charge in [0.1, 0.15) is 53.7 Å². The fraction of sp³-hybridized carbons (Fsp3) is 0.667. The van der Waals surface area contributed by atoms with Gasteiger partial charge in [-0.05, 0) is 94.9 Å². The van der Waals surface area contributed by atoms with Gasteiger partial charge in [-0.25, -0.2) is 9.59 Å². The number of amides is 7. The number of anilines is 2. The van der Waals surface area contributed by atoms with Crippen LogP contribution in [0.25, 0.3) is 0 Å². The SMILES string of the molecule is CCCC(C(=O)NC(CO)C(=O)NC(CCCN=C(N)N)C(=O)O)N1OC(=O)C[C@@H](CC(=O)CNC(=O)[C@H]2CCCN2c2c(NCCCc3cc(CNC(CCC(=O)NCC(O)CO)C(=O)O)nc(CN(CCN(CCC)C(CCC(=O)NCC(O)CO)C(=O)O)C(CCC(=O)NCC(O)CO)C(=O)O)c3)c(=O)c2=O)C1=O. The van der Waals surface area contributed by atoms with Gasteiger partial charge in [0, 0.05) is 91.1 Å². The highest BCUT2D eigenvalue weighted by atomic mass is 16.7. The largest absolute Gasteiger partial charge is 0.480 e. The first-order valence-electron chi connectivity index (χ1n) is 36.9. The monoisotopic (exact) mass is 1590 g/mol. The van der Waals surface area contributed by atoms with E-state index in [2.05, 4.69) is 47.5 Å². The van der Waals surface area contributed by atoms with E-state index >= 15 is 0 Å². The number of aryl methyl sites for hydroxylation is 1. The maximum Gasteiger partial charge on any atom is 0.333 e. The number of ketones is 1.